The van der Waals surface area contributed by atoms with Crippen molar-refractivity contribution < 1.29 is 18.0 Å². The molecule has 10 heteroatoms. The van der Waals surface area contributed by atoms with Gasteiger partial charge in [-0.3, -0.25) is 13.9 Å². The first-order chi connectivity index (χ1) is 19.6. The summed E-state index contributed by atoms with van der Waals surface area (Å²) in [4.78, 5) is 29.6. The lowest BCUT2D eigenvalue weighted by Gasteiger charge is -2.35. The fourth-order valence-electron chi connectivity index (χ4n) is 5.18. The topological polar surface area (TPSA) is 86.8 Å². The van der Waals surface area contributed by atoms with Crippen LogP contribution in [0.2, 0.25) is 5.02 Å². The molecule has 1 aliphatic rings. The van der Waals surface area contributed by atoms with Crippen LogP contribution in [0, 0.1) is 0 Å². The number of hydrogen-bond donors (Lipinski definition) is 1. The third-order valence-corrected chi connectivity index (χ3v) is 9.20. The molecule has 2 amide bonds. The summed E-state index contributed by atoms with van der Waals surface area (Å²) in [6.07, 6.45) is 6.38. The van der Waals surface area contributed by atoms with Gasteiger partial charge in [-0.15, -0.1) is 0 Å². The molecule has 0 spiro atoms. The van der Waals surface area contributed by atoms with Crippen LogP contribution in [0.15, 0.2) is 83.3 Å². The molecule has 218 valence electrons. The first-order valence-electron chi connectivity index (χ1n) is 13.7. The van der Waals surface area contributed by atoms with Gasteiger partial charge in [-0.05, 0) is 48.2 Å². The summed E-state index contributed by atoms with van der Waals surface area (Å²) in [6.45, 7) is -0.382. The maximum Gasteiger partial charge on any atom is 0.244 e. The number of rotatable bonds is 11. The van der Waals surface area contributed by atoms with E-state index in [1.807, 2.05) is 54.6 Å². The highest BCUT2D eigenvalue weighted by molar-refractivity contribution is 9.10. The predicted molar refractivity (Wildman–Crippen MR) is 167 cm³/mol. The molecule has 0 radical (unpaired) electrons. The van der Waals surface area contributed by atoms with Crippen LogP contribution in [-0.2, 0) is 32.6 Å². The van der Waals surface area contributed by atoms with E-state index < -0.39 is 28.5 Å². The molecule has 0 saturated heterocycles. The van der Waals surface area contributed by atoms with E-state index in [4.69, 9.17) is 11.6 Å². The Bertz CT molecular complexity index is 1450. The van der Waals surface area contributed by atoms with Gasteiger partial charge in [-0.25, -0.2) is 8.42 Å². The maximum absolute atomic E-state index is 14.2. The van der Waals surface area contributed by atoms with E-state index in [2.05, 4.69) is 21.2 Å². The smallest absolute Gasteiger partial charge is 0.244 e. The summed E-state index contributed by atoms with van der Waals surface area (Å²) in [6, 6.07) is 22.8. The largest absolute Gasteiger partial charge is 0.352 e. The van der Waals surface area contributed by atoms with Crippen molar-refractivity contribution in [2.24, 2.45) is 0 Å². The molecule has 3 aromatic carbocycles. The first kappa shape index (κ1) is 31.1. The summed E-state index contributed by atoms with van der Waals surface area (Å²) >= 11 is 9.86. The van der Waals surface area contributed by atoms with Crippen molar-refractivity contribution in [1.82, 2.24) is 10.2 Å². The second-order valence-corrected chi connectivity index (χ2v) is 13.7. The molecule has 1 N–H and O–H groups in total. The summed E-state index contributed by atoms with van der Waals surface area (Å²) < 4.78 is 27.7. The number of nitrogens with one attached hydrogen (secondary N) is 1. The van der Waals surface area contributed by atoms with Crippen LogP contribution in [-0.4, -0.2) is 50.0 Å². The number of carbonyl (C=O) groups is 2. The number of sulfonamides is 1. The zero-order chi connectivity index (χ0) is 29.4. The van der Waals surface area contributed by atoms with Crippen molar-refractivity contribution in [3.05, 3.63) is 99.5 Å². The molecule has 7 nitrogen and oxygen atoms in total. The number of para-hydroxylation sites is 1. The van der Waals surface area contributed by atoms with Crippen LogP contribution in [0.4, 0.5) is 5.69 Å². The SMILES string of the molecule is CS(=O)(=O)N(CC(=O)N(Cc1cccc(Br)c1)[C@H](Cc1ccccc1)C(=O)NC1CCCCC1)c1ccccc1Cl. The van der Waals surface area contributed by atoms with E-state index in [1.165, 1.54) is 4.90 Å². The maximum atomic E-state index is 14.2. The van der Waals surface area contributed by atoms with Crippen molar-refractivity contribution in [2.75, 3.05) is 17.1 Å². The van der Waals surface area contributed by atoms with Crippen LogP contribution in [0.5, 0.6) is 0 Å². The van der Waals surface area contributed by atoms with Crippen molar-refractivity contribution >= 4 is 55.1 Å². The molecule has 0 bridgehead atoms. The summed E-state index contributed by atoms with van der Waals surface area (Å²) in [5.41, 5.74) is 1.91. The zero-order valence-corrected chi connectivity index (χ0v) is 26.2. The molecule has 1 atom stereocenters. The normalized spacial score (nSPS) is 14.7. The summed E-state index contributed by atoms with van der Waals surface area (Å²) in [7, 11) is -3.88. The van der Waals surface area contributed by atoms with Crippen LogP contribution in [0.3, 0.4) is 0 Å². The van der Waals surface area contributed by atoms with Crippen LogP contribution >= 0.6 is 27.5 Å². The van der Waals surface area contributed by atoms with Gasteiger partial charge in [0.05, 0.1) is 17.0 Å². The summed E-state index contributed by atoms with van der Waals surface area (Å²) in [5, 5.41) is 3.41. The lowest BCUT2D eigenvalue weighted by atomic mass is 9.94. The Balaban J connectivity index is 1.73. The molecule has 1 fully saturated rings. The molecular formula is C31H35BrClN3O4S. The number of halogens is 2. The monoisotopic (exact) mass is 659 g/mol. The number of hydrogen-bond acceptors (Lipinski definition) is 4. The predicted octanol–water partition coefficient (Wildman–Crippen LogP) is 5.96. The quantitative estimate of drug-likeness (QED) is 0.275. The molecule has 1 saturated carbocycles. The van der Waals surface area contributed by atoms with E-state index >= 15 is 0 Å². The van der Waals surface area contributed by atoms with E-state index in [1.54, 1.807) is 24.3 Å². The first-order valence-corrected chi connectivity index (χ1v) is 16.7. The lowest BCUT2D eigenvalue weighted by Crippen LogP contribution is -2.55. The molecule has 1 aliphatic carbocycles. The van der Waals surface area contributed by atoms with Crippen molar-refractivity contribution in [3.63, 3.8) is 0 Å². The van der Waals surface area contributed by atoms with E-state index in [9.17, 15) is 18.0 Å². The van der Waals surface area contributed by atoms with Crippen molar-refractivity contribution in [1.29, 1.82) is 0 Å². The summed E-state index contributed by atoms with van der Waals surface area (Å²) in [5.74, 6) is -0.747. The highest BCUT2D eigenvalue weighted by Crippen LogP contribution is 2.28. The number of carbonyl (C=O) groups excluding carboxylic acids is 2. The molecular weight excluding hydrogens is 626 g/mol. The van der Waals surface area contributed by atoms with E-state index in [0.717, 1.165) is 58.3 Å². The molecule has 0 aromatic heterocycles. The van der Waals surface area contributed by atoms with Crippen molar-refractivity contribution in [2.45, 2.75) is 57.2 Å². The van der Waals surface area contributed by atoms with Gasteiger partial charge in [0, 0.05) is 23.5 Å². The Morgan fingerprint density at radius 2 is 1.61 bits per heavy atom. The average molecular weight is 661 g/mol. The second-order valence-electron chi connectivity index (χ2n) is 10.4. The lowest BCUT2D eigenvalue weighted by molar-refractivity contribution is -0.140. The third-order valence-electron chi connectivity index (χ3n) is 7.26. The van der Waals surface area contributed by atoms with Crippen molar-refractivity contribution in [3.8, 4) is 0 Å². The molecule has 3 aromatic rings. The average Bonchev–Trinajstić information content (AvgIpc) is 2.94. The van der Waals surface area contributed by atoms with Gasteiger partial charge in [0.15, 0.2) is 0 Å². The fourth-order valence-corrected chi connectivity index (χ4v) is 6.77. The number of benzene rings is 3. The third kappa shape index (κ3) is 8.80. The number of anilines is 1. The van der Waals surface area contributed by atoms with Crippen LogP contribution in [0.25, 0.3) is 0 Å². The van der Waals surface area contributed by atoms with Gasteiger partial charge >= 0.3 is 0 Å². The standard InChI is InChI=1S/C31H35BrClN3O4S/c1-41(39,40)36(28-18-9-8-17-27(28)33)22-30(37)35(21-24-13-10-14-25(32)19-24)29(20-23-11-4-2-5-12-23)31(38)34-26-15-6-3-7-16-26/h2,4-5,8-14,17-19,26,29H,3,6-7,15-16,20-22H2,1H3,(H,34,38)/t29-/m1/s1. The molecule has 4 rings (SSSR count). The Morgan fingerprint density at radius 1 is 0.951 bits per heavy atom. The molecule has 0 aliphatic heterocycles. The van der Waals surface area contributed by atoms with Gasteiger partial charge in [-0.1, -0.05) is 101 Å². The highest BCUT2D eigenvalue weighted by Gasteiger charge is 2.34. The Labute approximate surface area is 256 Å². The van der Waals surface area contributed by atoms with Crippen LogP contribution < -0.4 is 9.62 Å². The minimum absolute atomic E-state index is 0.0491. The Kier molecular flexibility index (Phi) is 10.9. The van der Waals surface area contributed by atoms with E-state index in [-0.39, 0.29) is 35.6 Å². The van der Waals surface area contributed by atoms with Gasteiger partial charge in [0.1, 0.15) is 12.6 Å². The number of amides is 2. The van der Waals surface area contributed by atoms with Crippen LogP contribution in [0.1, 0.15) is 43.2 Å². The molecule has 0 unspecified atom stereocenters. The minimum atomic E-state index is -3.88. The Hall–Kier alpha value is -2.88. The zero-order valence-electron chi connectivity index (χ0n) is 23.0. The highest BCUT2D eigenvalue weighted by atomic mass is 79.9. The van der Waals surface area contributed by atoms with E-state index in [0.29, 0.717) is 0 Å². The Morgan fingerprint density at radius 3 is 2.27 bits per heavy atom. The van der Waals surface area contributed by atoms with Gasteiger partial charge in [0.2, 0.25) is 21.8 Å². The minimum Gasteiger partial charge on any atom is -0.352 e. The number of nitrogens with zero attached hydrogens (tertiary/aromatic N) is 2. The fraction of sp³-hybridized carbons (Fsp3) is 0.355. The van der Waals surface area contributed by atoms with Gasteiger partial charge in [0.25, 0.3) is 0 Å². The van der Waals surface area contributed by atoms with Gasteiger partial charge in [-0.2, -0.15) is 0 Å². The van der Waals surface area contributed by atoms with Gasteiger partial charge < -0.3 is 10.2 Å². The molecule has 41 heavy (non-hydrogen) atoms. The molecule has 0 heterocycles. The second kappa shape index (κ2) is 14.3.